The first-order valence-corrected chi connectivity index (χ1v) is 7.25. The van der Waals surface area contributed by atoms with Gasteiger partial charge in [-0.05, 0) is 39.2 Å². The summed E-state index contributed by atoms with van der Waals surface area (Å²) in [5.74, 6) is 0.119. The maximum atomic E-state index is 11.7. The van der Waals surface area contributed by atoms with Gasteiger partial charge in [0.2, 0.25) is 5.91 Å². The van der Waals surface area contributed by atoms with Gasteiger partial charge in [-0.25, -0.2) is 0 Å². The lowest BCUT2D eigenvalue weighted by atomic mass is 9.96. The Bertz CT molecular complexity index is 282. The number of rotatable bonds is 8. The predicted octanol–water partition coefficient (Wildman–Crippen LogP) is 1.41. The van der Waals surface area contributed by atoms with Crippen LogP contribution in [0.15, 0.2) is 0 Å². The van der Waals surface area contributed by atoms with Crippen LogP contribution in [0.3, 0.4) is 0 Å². The first-order valence-electron chi connectivity index (χ1n) is 7.25. The molecule has 112 valence electrons. The first-order chi connectivity index (χ1) is 8.96. The average Bonchev–Trinajstić information content (AvgIpc) is 2.71. The zero-order valence-corrected chi connectivity index (χ0v) is 12.4. The molecule has 1 heterocycles. The number of hydrogen-bond acceptors (Lipinski definition) is 4. The maximum absolute atomic E-state index is 11.7. The van der Waals surface area contributed by atoms with Gasteiger partial charge in [0.05, 0.1) is 6.61 Å². The Labute approximate surface area is 116 Å². The Morgan fingerprint density at radius 1 is 1.47 bits per heavy atom. The molecule has 0 radical (unpaired) electrons. The van der Waals surface area contributed by atoms with Crippen molar-refractivity contribution in [3.63, 3.8) is 0 Å². The molecule has 19 heavy (non-hydrogen) atoms. The number of nitrogens with two attached hydrogens (primary N) is 1. The third-order valence-corrected chi connectivity index (χ3v) is 3.53. The summed E-state index contributed by atoms with van der Waals surface area (Å²) in [6.45, 7) is 7.67. The minimum atomic E-state index is -0.524. The van der Waals surface area contributed by atoms with Gasteiger partial charge >= 0.3 is 0 Å². The molecule has 0 aromatic rings. The lowest BCUT2D eigenvalue weighted by molar-refractivity contribution is -0.139. The minimum absolute atomic E-state index is 0.0371. The van der Waals surface area contributed by atoms with Crippen molar-refractivity contribution in [3.05, 3.63) is 0 Å². The van der Waals surface area contributed by atoms with E-state index in [2.05, 4.69) is 12.2 Å². The fourth-order valence-electron chi connectivity index (χ4n) is 2.30. The topological polar surface area (TPSA) is 73.6 Å². The number of carbonyl (C=O) groups is 1. The van der Waals surface area contributed by atoms with Gasteiger partial charge in [-0.1, -0.05) is 13.3 Å². The lowest BCUT2D eigenvalue weighted by Crippen LogP contribution is -2.34. The minimum Gasteiger partial charge on any atom is -0.353 e. The highest BCUT2D eigenvalue weighted by atomic mass is 16.7. The molecular weight excluding hydrogens is 244 g/mol. The SMILES string of the molecule is CCC(CCN)CCC(=O)NCC1COC(C)(C)O1. The number of amides is 1. The number of carbonyl (C=O) groups excluding carboxylic acids is 1. The molecule has 2 atom stereocenters. The van der Waals surface area contributed by atoms with Crippen LogP contribution in [0, 0.1) is 5.92 Å². The predicted molar refractivity (Wildman–Crippen MR) is 74.6 cm³/mol. The quantitative estimate of drug-likeness (QED) is 0.700. The summed E-state index contributed by atoms with van der Waals surface area (Å²) in [6, 6.07) is 0. The van der Waals surface area contributed by atoms with Crippen molar-refractivity contribution >= 4 is 5.91 Å². The van der Waals surface area contributed by atoms with Gasteiger partial charge in [0.1, 0.15) is 6.10 Å². The molecule has 1 rings (SSSR count). The Hall–Kier alpha value is -0.650. The van der Waals surface area contributed by atoms with Crippen LogP contribution in [0.2, 0.25) is 0 Å². The molecule has 0 spiro atoms. The molecule has 1 amide bonds. The van der Waals surface area contributed by atoms with E-state index >= 15 is 0 Å². The molecule has 1 fully saturated rings. The van der Waals surface area contributed by atoms with Crippen molar-refractivity contribution in [2.45, 2.75) is 58.3 Å². The zero-order chi connectivity index (χ0) is 14.3. The fraction of sp³-hybridized carbons (Fsp3) is 0.929. The van der Waals surface area contributed by atoms with E-state index in [1.807, 2.05) is 13.8 Å². The van der Waals surface area contributed by atoms with Crippen LogP contribution in [0.4, 0.5) is 0 Å². The Kier molecular flexibility index (Phi) is 6.75. The van der Waals surface area contributed by atoms with E-state index in [9.17, 15) is 4.79 Å². The van der Waals surface area contributed by atoms with Gasteiger partial charge in [-0.3, -0.25) is 4.79 Å². The molecule has 5 nitrogen and oxygen atoms in total. The monoisotopic (exact) mass is 272 g/mol. The smallest absolute Gasteiger partial charge is 0.220 e. The second kappa shape index (κ2) is 7.82. The normalized spacial score (nSPS) is 23.3. The maximum Gasteiger partial charge on any atom is 0.220 e. The highest BCUT2D eigenvalue weighted by molar-refractivity contribution is 5.75. The molecule has 1 aliphatic rings. The van der Waals surface area contributed by atoms with Gasteiger partial charge in [-0.2, -0.15) is 0 Å². The number of hydrogen-bond donors (Lipinski definition) is 2. The van der Waals surface area contributed by atoms with Crippen LogP contribution in [0.25, 0.3) is 0 Å². The van der Waals surface area contributed by atoms with Crippen molar-refractivity contribution in [1.82, 2.24) is 5.32 Å². The van der Waals surface area contributed by atoms with E-state index in [4.69, 9.17) is 15.2 Å². The highest BCUT2D eigenvalue weighted by Gasteiger charge is 2.32. The lowest BCUT2D eigenvalue weighted by Gasteiger charge is -2.17. The molecule has 0 saturated carbocycles. The summed E-state index contributed by atoms with van der Waals surface area (Å²) in [5.41, 5.74) is 5.55. The van der Waals surface area contributed by atoms with E-state index in [1.165, 1.54) is 0 Å². The summed E-state index contributed by atoms with van der Waals surface area (Å²) >= 11 is 0. The van der Waals surface area contributed by atoms with Crippen LogP contribution >= 0.6 is 0 Å². The molecular formula is C14H28N2O3. The van der Waals surface area contributed by atoms with Crippen molar-refractivity contribution in [2.24, 2.45) is 11.7 Å². The van der Waals surface area contributed by atoms with Gasteiger partial charge < -0.3 is 20.5 Å². The molecule has 1 saturated heterocycles. The third kappa shape index (κ3) is 6.36. The third-order valence-electron chi connectivity index (χ3n) is 3.53. The Morgan fingerprint density at radius 2 is 2.21 bits per heavy atom. The van der Waals surface area contributed by atoms with Crippen LogP contribution < -0.4 is 11.1 Å². The summed E-state index contributed by atoms with van der Waals surface area (Å²) < 4.78 is 11.1. The van der Waals surface area contributed by atoms with Crippen molar-refractivity contribution in [2.75, 3.05) is 19.7 Å². The number of nitrogens with one attached hydrogen (secondary N) is 1. The Balaban J connectivity index is 2.14. The molecule has 0 aromatic carbocycles. The van der Waals surface area contributed by atoms with Crippen LogP contribution in [0.1, 0.15) is 46.5 Å². The Morgan fingerprint density at radius 3 is 2.74 bits per heavy atom. The second-order valence-corrected chi connectivity index (χ2v) is 5.65. The largest absolute Gasteiger partial charge is 0.353 e. The molecule has 1 aliphatic heterocycles. The summed E-state index contributed by atoms with van der Waals surface area (Å²) in [5, 5.41) is 2.91. The molecule has 0 bridgehead atoms. The summed E-state index contributed by atoms with van der Waals surface area (Å²) in [4.78, 5) is 11.7. The first kappa shape index (κ1) is 16.4. The van der Waals surface area contributed by atoms with Crippen LogP contribution in [0.5, 0.6) is 0 Å². The standard InChI is InChI=1S/C14H28N2O3/c1-4-11(7-8-15)5-6-13(17)16-9-12-10-18-14(2,3)19-12/h11-12H,4-10,15H2,1-3H3,(H,16,17). The van der Waals surface area contributed by atoms with E-state index in [-0.39, 0.29) is 12.0 Å². The van der Waals surface area contributed by atoms with E-state index in [0.717, 1.165) is 19.3 Å². The molecule has 5 heteroatoms. The summed E-state index contributed by atoms with van der Waals surface area (Å²) in [6.07, 6.45) is 3.52. The van der Waals surface area contributed by atoms with Gasteiger partial charge in [0.15, 0.2) is 5.79 Å². The average molecular weight is 272 g/mol. The zero-order valence-electron chi connectivity index (χ0n) is 12.4. The fourth-order valence-corrected chi connectivity index (χ4v) is 2.30. The van der Waals surface area contributed by atoms with E-state index in [0.29, 0.717) is 32.0 Å². The second-order valence-electron chi connectivity index (χ2n) is 5.65. The molecule has 0 aromatic heterocycles. The van der Waals surface area contributed by atoms with Crippen molar-refractivity contribution < 1.29 is 14.3 Å². The molecule has 2 unspecified atom stereocenters. The van der Waals surface area contributed by atoms with Crippen molar-refractivity contribution in [1.29, 1.82) is 0 Å². The summed E-state index contributed by atoms with van der Waals surface area (Å²) in [7, 11) is 0. The van der Waals surface area contributed by atoms with E-state index in [1.54, 1.807) is 0 Å². The number of ether oxygens (including phenoxy) is 2. The van der Waals surface area contributed by atoms with Gasteiger partial charge in [-0.15, -0.1) is 0 Å². The van der Waals surface area contributed by atoms with Crippen LogP contribution in [-0.4, -0.2) is 37.5 Å². The van der Waals surface area contributed by atoms with Crippen LogP contribution in [-0.2, 0) is 14.3 Å². The van der Waals surface area contributed by atoms with E-state index < -0.39 is 5.79 Å². The highest BCUT2D eigenvalue weighted by Crippen LogP contribution is 2.21. The van der Waals surface area contributed by atoms with Gasteiger partial charge in [0.25, 0.3) is 0 Å². The van der Waals surface area contributed by atoms with Gasteiger partial charge in [0, 0.05) is 13.0 Å². The molecule has 0 aliphatic carbocycles. The van der Waals surface area contributed by atoms with Crippen molar-refractivity contribution in [3.8, 4) is 0 Å². The molecule has 3 N–H and O–H groups in total.